The molecular weight excluding hydrogens is 731 g/mol. The molecule has 0 saturated heterocycles. The van der Waals surface area contributed by atoms with Crippen LogP contribution in [0.2, 0.25) is 0 Å². The van der Waals surface area contributed by atoms with Crippen LogP contribution in [0.1, 0.15) is 50.7 Å². The van der Waals surface area contributed by atoms with Crippen LogP contribution in [0.3, 0.4) is 0 Å². The summed E-state index contributed by atoms with van der Waals surface area (Å²) in [6.07, 6.45) is 2.15. The van der Waals surface area contributed by atoms with Crippen LogP contribution in [-0.2, 0) is 0 Å². The molecule has 0 unspecified atom stereocenters. The molecule has 290 valence electrons. The molecule has 10 aromatic rings. The molecule has 0 fully saturated rings. The standard InChI is InChI=1S/C56H45N3O/c1-35(2)43-21-13-22-44(36(3)4)52(43)42-30-27-39-19-11-25-47(48(39)33-42)56-58-50(49-32-31-41-29-28-40-20-12-26-51(60)53(40)54(41)57-49)34-59(56)55-45(37-15-7-5-8-16-37)23-14-24-46(55)38-17-9-6-10-18-38/h5-36,60H,1-4H3. The molecule has 0 atom stereocenters. The minimum Gasteiger partial charge on any atom is -0.507 e. The van der Waals surface area contributed by atoms with Gasteiger partial charge in [-0.25, -0.2) is 9.97 Å². The predicted octanol–water partition coefficient (Wildman–Crippen LogP) is 15.0. The van der Waals surface area contributed by atoms with Crippen LogP contribution in [0, 0.1) is 0 Å². The number of rotatable bonds is 8. The summed E-state index contributed by atoms with van der Waals surface area (Å²) in [4.78, 5) is 10.9. The number of para-hydroxylation sites is 1. The maximum Gasteiger partial charge on any atom is 0.145 e. The molecule has 0 aliphatic carbocycles. The highest BCUT2D eigenvalue weighted by molar-refractivity contribution is 6.09. The summed E-state index contributed by atoms with van der Waals surface area (Å²) >= 11 is 0. The van der Waals surface area contributed by atoms with E-state index in [4.69, 9.17) is 9.97 Å². The summed E-state index contributed by atoms with van der Waals surface area (Å²) < 4.78 is 2.29. The SMILES string of the molecule is CC(C)c1cccc(C(C)C)c1-c1ccc2cccc(-c3nc(-c4ccc5ccc6cccc(O)c6c5n4)cn3-c3c(-c4ccccc4)cccc3-c3ccccc3)c2c1. The summed E-state index contributed by atoms with van der Waals surface area (Å²) in [6.45, 7) is 9.14. The molecule has 0 bridgehead atoms. The Bertz CT molecular complexity index is 3130. The molecule has 0 radical (unpaired) electrons. The van der Waals surface area contributed by atoms with Crippen molar-refractivity contribution in [1.29, 1.82) is 0 Å². The van der Waals surface area contributed by atoms with Gasteiger partial charge in [0, 0.05) is 33.7 Å². The average Bonchev–Trinajstić information content (AvgIpc) is 3.73. The van der Waals surface area contributed by atoms with Gasteiger partial charge in [-0.2, -0.15) is 0 Å². The third-order valence-electron chi connectivity index (χ3n) is 11.9. The van der Waals surface area contributed by atoms with E-state index >= 15 is 0 Å². The van der Waals surface area contributed by atoms with Gasteiger partial charge in [-0.1, -0.05) is 185 Å². The number of phenolic OH excluding ortho intramolecular Hbond substituents is 1. The second kappa shape index (κ2) is 15.1. The Labute approximate surface area is 351 Å². The van der Waals surface area contributed by atoms with Gasteiger partial charge in [0.25, 0.3) is 0 Å². The van der Waals surface area contributed by atoms with Crippen molar-refractivity contribution in [3.63, 3.8) is 0 Å². The van der Waals surface area contributed by atoms with Crippen molar-refractivity contribution >= 4 is 32.4 Å². The summed E-state index contributed by atoms with van der Waals surface area (Å²) in [5.74, 6) is 1.76. The average molecular weight is 776 g/mol. The number of pyridine rings is 1. The molecular formula is C56H45N3O. The van der Waals surface area contributed by atoms with Crippen LogP contribution in [0.5, 0.6) is 5.75 Å². The normalized spacial score (nSPS) is 11.7. The molecule has 0 amide bonds. The first kappa shape index (κ1) is 37.0. The molecule has 10 rings (SSSR count). The fraction of sp³-hybridized carbons (Fsp3) is 0.107. The highest BCUT2D eigenvalue weighted by Gasteiger charge is 2.23. The number of aromatic nitrogens is 3. The number of hydrogen-bond donors (Lipinski definition) is 1. The molecule has 0 aliphatic rings. The van der Waals surface area contributed by atoms with Crippen molar-refractivity contribution in [3.05, 3.63) is 193 Å². The Morgan fingerprint density at radius 3 is 1.72 bits per heavy atom. The van der Waals surface area contributed by atoms with E-state index in [1.165, 1.54) is 22.3 Å². The van der Waals surface area contributed by atoms with Crippen molar-refractivity contribution in [1.82, 2.24) is 14.5 Å². The zero-order valence-electron chi connectivity index (χ0n) is 34.3. The van der Waals surface area contributed by atoms with Gasteiger partial charge in [0.15, 0.2) is 0 Å². The van der Waals surface area contributed by atoms with Crippen molar-refractivity contribution in [2.24, 2.45) is 0 Å². The van der Waals surface area contributed by atoms with E-state index in [-0.39, 0.29) is 5.75 Å². The molecule has 4 nitrogen and oxygen atoms in total. The Hall–Kier alpha value is -7.30. The topological polar surface area (TPSA) is 50.9 Å². The van der Waals surface area contributed by atoms with Crippen LogP contribution < -0.4 is 0 Å². The summed E-state index contributed by atoms with van der Waals surface area (Å²) in [7, 11) is 0. The van der Waals surface area contributed by atoms with Gasteiger partial charge in [0.05, 0.1) is 16.9 Å². The van der Waals surface area contributed by atoms with Crippen LogP contribution in [0.15, 0.2) is 182 Å². The van der Waals surface area contributed by atoms with Crippen LogP contribution in [0.25, 0.3) is 94.3 Å². The first-order valence-electron chi connectivity index (χ1n) is 20.9. The Morgan fingerprint density at radius 2 is 1.03 bits per heavy atom. The minimum absolute atomic E-state index is 0.212. The molecule has 0 aliphatic heterocycles. The number of imidazole rings is 1. The molecule has 2 heterocycles. The van der Waals surface area contributed by atoms with Gasteiger partial charge >= 0.3 is 0 Å². The zero-order chi connectivity index (χ0) is 40.9. The summed E-state index contributed by atoms with van der Waals surface area (Å²) in [6, 6.07) is 61.9. The van der Waals surface area contributed by atoms with Gasteiger partial charge in [-0.15, -0.1) is 0 Å². The monoisotopic (exact) mass is 775 g/mol. The number of phenols is 1. The molecule has 60 heavy (non-hydrogen) atoms. The third-order valence-corrected chi connectivity index (χ3v) is 11.9. The maximum absolute atomic E-state index is 11.1. The highest BCUT2D eigenvalue weighted by atomic mass is 16.3. The fourth-order valence-electron chi connectivity index (χ4n) is 8.96. The number of aromatic hydroxyl groups is 1. The minimum atomic E-state index is 0.212. The molecule has 0 saturated carbocycles. The second-order valence-corrected chi connectivity index (χ2v) is 16.3. The van der Waals surface area contributed by atoms with Crippen LogP contribution in [-0.4, -0.2) is 19.6 Å². The Balaban J connectivity index is 1.29. The summed E-state index contributed by atoms with van der Waals surface area (Å²) in [5.41, 5.74) is 13.9. The first-order valence-corrected chi connectivity index (χ1v) is 20.9. The number of benzene rings is 8. The zero-order valence-corrected chi connectivity index (χ0v) is 34.3. The van der Waals surface area contributed by atoms with E-state index in [0.29, 0.717) is 11.8 Å². The van der Waals surface area contributed by atoms with Crippen molar-refractivity contribution < 1.29 is 5.11 Å². The molecule has 2 aromatic heterocycles. The number of nitrogens with zero attached hydrogens (tertiary/aromatic N) is 3. The second-order valence-electron chi connectivity index (χ2n) is 16.3. The third kappa shape index (κ3) is 6.42. The van der Waals surface area contributed by atoms with Gasteiger partial charge in [-0.05, 0) is 79.6 Å². The van der Waals surface area contributed by atoms with Crippen LogP contribution in [0.4, 0.5) is 0 Å². The van der Waals surface area contributed by atoms with Gasteiger partial charge in [-0.3, -0.25) is 4.57 Å². The predicted molar refractivity (Wildman–Crippen MR) is 251 cm³/mol. The van der Waals surface area contributed by atoms with Crippen molar-refractivity contribution in [2.45, 2.75) is 39.5 Å². The quantitative estimate of drug-likeness (QED) is 0.156. The summed E-state index contributed by atoms with van der Waals surface area (Å²) in [5, 5.41) is 16.0. The maximum atomic E-state index is 11.1. The lowest BCUT2D eigenvalue weighted by Gasteiger charge is -2.21. The largest absolute Gasteiger partial charge is 0.507 e. The van der Waals surface area contributed by atoms with E-state index in [1.54, 1.807) is 6.07 Å². The lowest BCUT2D eigenvalue weighted by Crippen LogP contribution is -2.02. The van der Waals surface area contributed by atoms with Crippen molar-refractivity contribution in [2.75, 3.05) is 0 Å². The van der Waals surface area contributed by atoms with E-state index in [9.17, 15) is 5.11 Å². The Kier molecular flexibility index (Phi) is 9.33. The smallest absolute Gasteiger partial charge is 0.145 e. The van der Waals surface area contributed by atoms with E-state index < -0.39 is 0 Å². The van der Waals surface area contributed by atoms with E-state index in [0.717, 1.165) is 83.2 Å². The van der Waals surface area contributed by atoms with Crippen LogP contribution >= 0.6 is 0 Å². The highest BCUT2D eigenvalue weighted by Crippen LogP contribution is 2.43. The van der Waals surface area contributed by atoms with Gasteiger partial charge in [0.1, 0.15) is 17.3 Å². The molecule has 8 aromatic carbocycles. The molecule has 0 spiro atoms. The Morgan fingerprint density at radius 1 is 0.467 bits per heavy atom. The lowest BCUT2D eigenvalue weighted by molar-refractivity contribution is 0.482. The van der Waals surface area contributed by atoms with Crippen molar-refractivity contribution in [3.8, 4) is 67.6 Å². The van der Waals surface area contributed by atoms with Gasteiger partial charge in [0.2, 0.25) is 0 Å². The molecule has 1 N–H and O–H groups in total. The first-order chi connectivity index (χ1) is 29.3. The lowest BCUT2D eigenvalue weighted by atomic mass is 9.84. The number of fused-ring (bicyclic) bond motifs is 4. The van der Waals surface area contributed by atoms with E-state index in [1.807, 2.05) is 24.3 Å². The van der Waals surface area contributed by atoms with Gasteiger partial charge < -0.3 is 5.11 Å². The fourth-order valence-corrected chi connectivity index (χ4v) is 8.96. The van der Waals surface area contributed by atoms with E-state index in [2.05, 4.69) is 184 Å². The molecule has 4 heteroatoms. The number of hydrogen-bond acceptors (Lipinski definition) is 3.